The number of ether oxygens (including phenoxy) is 2. The van der Waals surface area contributed by atoms with Crippen molar-refractivity contribution < 1.29 is 23.5 Å². The average molecular weight is 514 g/mol. The van der Waals surface area contributed by atoms with Crippen LogP contribution < -0.4 is 9.47 Å². The normalized spacial score (nSPS) is 16.3. The van der Waals surface area contributed by atoms with Crippen LogP contribution in [0.2, 0.25) is 10.0 Å². The first-order valence-corrected chi connectivity index (χ1v) is 11.3. The summed E-state index contributed by atoms with van der Waals surface area (Å²) >= 11 is 18.3. The molecule has 174 valence electrons. The fourth-order valence-corrected chi connectivity index (χ4v) is 4.06. The number of alkyl halides is 1. The molecule has 0 N–H and O–H groups in total. The predicted molar refractivity (Wildman–Crippen MR) is 122 cm³/mol. The summed E-state index contributed by atoms with van der Waals surface area (Å²) in [6.45, 7) is 0.286. The highest BCUT2D eigenvalue weighted by Crippen LogP contribution is 2.30. The summed E-state index contributed by atoms with van der Waals surface area (Å²) in [6.07, 6.45) is 0.838. The van der Waals surface area contributed by atoms with Gasteiger partial charge < -0.3 is 14.4 Å². The highest BCUT2D eigenvalue weighted by molar-refractivity contribution is 6.49. The van der Waals surface area contributed by atoms with Crippen LogP contribution >= 0.6 is 34.8 Å². The Morgan fingerprint density at radius 3 is 2.45 bits per heavy atom. The van der Waals surface area contributed by atoms with Gasteiger partial charge in [0.05, 0.1) is 5.02 Å². The lowest BCUT2D eigenvalue weighted by atomic mass is 9.97. The molecule has 0 radical (unpaired) electrons. The van der Waals surface area contributed by atoms with Crippen molar-refractivity contribution in [3.63, 3.8) is 0 Å². The van der Waals surface area contributed by atoms with E-state index in [9.17, 15) is 19.2 Å². The molecular formula is C23H20Cl3FN2O4. The molecule has 2 aromatic rings. The van der Waals surface area contributed by atoms with Gasteiger partial charge in [0.1, 0.15) is 18.4 Å². The number of Topliss-reactive ketones (excluding diaryl/α,β-unsaturated/α-hetero) is 1. The van der Waals surface area contributed by atoms with E-state index in [-0.39, 0.29) is 16.5 Å². The van der Waals surface area contributed by atoms with Crippen molar-refractivity contribution in [1.29, 1.82) is 5.26 Å². The van der Waals surface area contributed by atoms with Crippen LogP contribution in [0.4, 0.5) is 4.39 Å². The van der Waals surface area contributed by atoms with Crippen LogP contribution in [0.1, 0.15) is 19.3 Å². The Morgan fingerprint density at radius 1 is 1.12 bits per heavy atom. The first-order chi connectivity index (χ1) is 15.8. The van der Waals surface area contributed by atoms with Crippen molar-refractivity contribution in [3.05, 3.63) is 58.3 Å². The van der Waals surface area contributed by atoms with Gasteiger partial charge in [-0.3, -0.25) is 9.59 Å². The molecule has 1 heterocycles. The molecule has 3 rings (SSSR count). The van der Waals surface area contributed by atoms with E-state index in [1.807, 2.05) is 0 Å². The molecule has 1 aliphatic heterocycles. The molecule has 1 aliphatic rings. The maximum atomic E-state index is 14.2. The summed E-state index contributed by atoms with van der Waals surface area (Å²) in [4.78, 5) is 25.2. The Hall–Kier alpha value is -2.53. The minimum absolute atomic E-state index is 0.168. The molecule has 0 aromatic heterocycles. The van der Waals surface area contributed by atoms with Crippen LogP contribution in [-0.2, 0) is 9.59 Å². The number of benzene rings is 2. The number of rotatable bonds is 8. The molecule has 0 saturated carbocycles. The highest BCUT2D eigenvalue weighted by atomic mass is 35.5. The number of nitriles is 1. The van der Waals surface area contributed by atoms with Gasteiger partial charge in [0.15, 0.2) is 17.7 Å². The lowest BCUT2D eigenvalue weighted by molar-refractivity contribution is -0.141. The van der Waals surface area contributed by atoms with Crippen LogP contribution in [0, 0.1) is 17.1 Å². The number of nitrogens with zero attached hydrogens (tertiary/aromatic N) is 2. The number of para-hydroxylation sites is 1. The van der Waals surface area contributed by atoms with Gasteiger partial charge >= 0.3 is 0 Å². The Morgan fingerprint density at radius 2 is 1.82 bits per heavy atom. The number of halogens is 4. The van der Waals surface area contributed by atoms with Gasteiger partial charge in [0.25, 0.3) is 10.8 Å². The molecule has 6 nitrogen and oxygen atoms in total. The standard InChI is InChI=1S/C23H20Cl3FN2O4/c24-15-8-9-18(16(25)12-15)32-13-20(33-19-7-3-2-6-17(19)27)21(30)23(26,14-28)22(31)29-10-4-1-5-11-29/h2-3,6-9,12,20H,1,4-5,10-11,13H2. The van der Waals surface area contributed by atoms with Crippen LogP contribution in [-0.4, -0.2) is 47.3 Å². The van der Waals surface area contributed by atoms with E-state index in [1.54, 1.807) is 6.07 Å². The number of hydrogen-bond acceptors (Lipinski definition) is 5. The Bertz CT molecular complexity index is 1070. The highest BCUT2D eigenvalue weighted by Gasteiger charge is 2.51. The second-order valence-electron chi connectivity index (χ2n) is 7.41. The van der Waals surface area contributed by atoms with Gasteiger partial charge in [0, 0.05) is 18.1 Å². The van der Waals surface area contributed by atoms with E-state index < -0.39 is 35.1 Å². The summed E-state index contributed by atoms with van der Waals surface area (Å²) < 4.78 is 25.4. The summed E-state index contributed by atoms with van der Waals surface area (Å²) in [5.41, 5.74) is 0. The van der Waals surface area contributed by atoms with Gasteiger partial charge in [-0.2, -0.15) is 5.26 Å². The number of ketones is 1. The van der Waals surface area contributed by atoms with Crippen molar-refractivity contribution in [3.8, 4) is 17.6 Å². The zero-order valence-electron chi connectivity index (χ0n) is 17.4. The maximum Gasteiger partial charge on any atom is 0.270 e. The quantitative estimate of drug-likeness (QED) is 0.365. The van der Waals surface area contributed by atoms with Gasteiger partial charge in [-0.15, -0.1) is 0 Å². The Labute approximate surface area is 205 Å². The van der Waals surface area contributed by atoms with Gasteiger partial charge in [-0.1, -0.05) is 46.9 Å². The smallest absolute Gasteiger partial charge is 0.270 e. The fourth-order valence-electron chi connectivity index (χ4n) is 3.36. The number of hydrogen-bond donors (Lipinski definition) is 0. The van der Waals surface area contributed by atoms with E-state index in [1.165, 1.54) is 41.3 Å². The van der Waals surface area contributed by atoms with E-state index in [2.05, 4.69) is 0 Å². The summed E-state index contributed by atoms with van der Waals surface area (Å²) in [5, 5.41) is 10.3. The second kappa shape index (κ2) is 11.1. The SMILES string of the molecule is N#CC(Cl)(C(=O)C(COc1ccc(Cl)cc1Cl)Oc1ccccc1F)C(=O)N1CCCCC1. The molecule has 2 aromatic carbocycles. The van der Waals surface area contributed by atoms with E-state index >= 15 is 0 Å². The summed E-state index contributed by atoms with van der Waals surface area (Å²) in [6, 6.07) is 11.5. The average Bonchev–Trinajstić information content (AvgIpc) is 2.83. The largest absolute Gasteiger partial charge is 0.488 e. The first kappa shape index (κ1) is 25.1. The first-order valence-electron chi connectivity index (χ1n) is 10.2. The van der Waals surface area contributed by atoms with Crippen molar-refractivity contribution in [2.75, 3.05) is 19.7 Å². The molecular weight excluding hydrogens is 494 g/mol. The Kier molecular flexibility index (Phi) is 8.41. The van der Waals surface area contributed by atoms with Crippen molar-refractivity contribution in [2.24, 2.45) is 0 Å². The zero-order chi connectivity index (χ0) is 24.0. The fraction of sp³-hybridized carbons (Fsp3) is 0.348. The van der Waals surface area contributed by atoms with Crippen LogP contribution in [0.15, 0.2) is 42.5 Å². The molecule has 1 amide bonds. The predicted octanol–water partition coefficient (Wildman–Crippen LogP) is 5.04. The van der Waals surface area contributed by atoms with E-state index in [4.69, 9.17) is 44.3 Å². The number of carbonyl (C=O) groups excluding carboxylic acids is 2. The molecule has 0 bridgehead atoms. The van der Waals surface area contributed by atoms with Crippen LogP contribution in [0.3, 0.4) is 0 Å². The number of piperidine rings is 1. The van der Waals surface area contributed by atoms with Crippen molar-refractivity contribution >= 4 is 46.5 Å². The van der Waals surface area contributed by atoms with E-state index in [0.717, 1.165) is 25.3 Å². The third-order valence-corrected chi connectivity index (χ3v) is 6.08. The lowest BCUT2D eigenvalue weighted by Gasteiger charge is -2.32. The van der Waals surface area contributed by atoms with E-state index in [0.29, 0.717) is 18.1 Å². The molecule has 1 saturated heterocycles. The molecule has 2 atom stereocenters. The van der Waals surface area contributed by atoms with Gasteiger partial charge in [-0.25, -0.2) is 4.39 Å². The van der Waals surface area contributed by atoms with Gasteiger partial charge in [0.2, 0.25) is 5.78 Å². The number of amides is 1. The Balaban J connectivity index is 1.88. The molecule has 0 spiro atoms. The molecule has 2 unspecified atom stereocenters. The third-order valence-electron chi connectivity index (χ3n) is 5.11. The minimum Gasteiger partial charge on any atom is -0.488 e. The van der Waals surface area contributed by atoms with Gasteiger partial charge in [-0.05, 0) is 49.6 Å². The molecule has 0 aliphatic carbocycles. The summed E-state index contributed by atoms with van der Waals surface area (Å²) in [7, 11) is 0. The maximum absolute atomic E-state index is 14.2. The third kappa shape index (κ3) is 5.89. The minimum atomic E-state index is -2.56. The number of likely N-dealkylation sites (tertiary alicyclic amines) is 1. The lowest BCUT2D eigenvalue weighted by Crippen LogP contribution is -2.56. The number of carbonyl (C=O) groups is 2. The second-order valence-corrected chi connectivity index (χ2v) is 8.82. The monoisotopic (exact) mass is 512 g/mol. The molecule has 10 heteroatoms. The van der Waals surface area contributed by atoms with Crippen LogP contribution in [0.25, 0.3) is 0 Å². The summed E-state index contributed by atoms with van der Waals surface area (Å²) in [5.74, 6) is -2.71. The zero-order valence-corrected chi connectivity index (χ0v) is 19.7. The molecule has 1 fully saturated rings. The van der Waals surface area contributed by atoms with Crippen molar-refractivity contribution in [1.82, 2.24) is 4.90 Å². The topological polar surface area (TPSA) is 79.6 Å². The molecule has 33 heavy (non-hydrogen) atoms. The van der Waals surface area contributed by atoms with Crippen molar-refractivity contribution in [2.45, 2.75) is 30.2 Å². The van der Waals surface area contributed by atoms with Crippen LogP contribution in [0.5, 0.6) is 11.5 Å².